The highest BCUT2D eigenvalue weighted by Gasteiger charge is 2.42. The van der Waals surface area contributed by atoms with E-state index in [0.29, 0.717) is 15.6 Å². The number of thioether (sulfide) groups is 1. The van der Waals surface area contributed by atoms with E-state index in [9.17, 15) is 14.7 Å². The minimum atomic E-state index is -1.02. The summed E-state index contributed by atoms with van der Waals surface area (Å²) in [6.45, 7) is 3.72. The van der Waals surface area contributed by atoms with E-state index in [1.807, 2.05) is 31.4 Å². The van der Waals surface area contributed by atoms with Crippen LogP contribution in [0.5, 0.6) is 0 Å². The molecule has 112 valence electrons. The summed E-state index contributed by atoms with van der Waals surface area (Å²) >= 11 is 7.91. The molecule has 1 fully saturated rings. The first-order chi connectivity index (χ1) is 9.95. The second-order valence-electron chi connectivity index (χ2n) is 4.74. The Balaban J connectivity index is 2.31. The molecule has 1 aliphatic heterocycles. The van der Waals surface area contributed by atoms with Gasteiger partial charge in [-0.05, 0) is 23.4 Å². The van der Waals surface area contributed by atoms with Crippen molar-refractivity contribution in [1.29, 1.82) is 0 Å². The molecule has 0 radical (unpaired) electrons. The number of thiophene rings is 1. The molecule has 1 aromatic rings. The highest BCUT2D eigenvalue weighted by molar-refractivity contribution is 8.26. The van der Waals surface area contributed by atoms with E-state index in [1.165, 1.54) is 28.0 Å². The predicted molar refractivity (Wildman–Crippen MR) is 90.2 cm³/mol. The van der Waals surface area contributed by atoms with Crippen LogP contribution in [-0.2, 0) is 9.59 Å². The summed E-state index contributed by atoms with van der Waals surface area (Å²) in [6.07, 6.45) is 2.43. The fourth-order valence-corrected chi connectivity index (χ4v) is 4.11. The fraction of sp³-hybridized carbons (Fsp3) is 0.357. The van der Waals surface area contributed by atoms with Crippen molar-refractivity contribution >= 4 is 57.6 Å². The van der Waals surface area contributed by atoms with Gasteiger partial charge in [-0.1, -0.05) is 50.3 Å². The molecule has 0 spiro atoms. The van der Waals surface area contributed by atoms with E-state index < -0.39 is 12.0 Å². The van der Waals surface area contributed by atoms with Crippen LogP contribution in [0.1, 0.15) is 25.1 Å². The molecule has 0 bridgehead atoms. The van der Waals surface area contributed by atoms with Crippen LogP contribution in [0.2, 0.25) is 0 Å². The molecular formula is C14H15NO3S3. The van der Waals surface area contributed by atoms with Crippen molar-refractivity contribution in [1.82, 2.24) is 4.90 Å². The predicted octanol–water partition coefficient (Wildman–Crippen LogP) is 3.45. The number of carbonyl (C=O) groups is 2. The van der Waals surface area contributed by atoms with Crippen molar-refractivity contribution in [3.05, 3.63) is 27.3 Å². The number of carboxylic acids is 1. The van der Waals surface area contributed by atoms with Gasteiger partial charge in [0.1, 0.15) is 10.4 Å². The Bertz CT molecular complexity index is 595. The molecule has 1 amide bonds. The summed E-state index contributed by atoms with van der Waals surface area (Å²) < 4.78 is 0.315. The Morgan fingerprint density at radius 1 is 1.57 bits per heavy atom. The molecule has 2 rings (SSSR count). The van der Waals surface area contributed by atoms with Crippen molar-refractivity contribution in [3.8, 4) is 0 Å². The molecule has 0 aromatic carbocycles. The third kappa shape index (κ3) is 3.36. The van der Waals surface area contributed by atoms with E-state index in [-0.39, 0.29) is 11.8 Å². The Kier molecular flexibility index (Phi) is 5.18. The number of carboxylic acid groups (broad SMARTS) is 1. The van der Waals surface area contributed by atoms with Crippen LogP contribution in [0.3, 0.4) is 0 Å². The second-order valence-corrected chi connectivity index (χ2v) is 7.39. The number of nitrogens with zero attached hydrogens (tertiary/aromatic N) is 1. The van der Waals surface area contributed by atoms with Gasteiger partial charge in [0.25, 0.3) is 5.91 Å². The smallest absolute Gasteiger partial charge is 0.327 e. The minimum absolute atomic E-state index is 0.161. The van der Waals surface area contributed by atoms with Gasteiger partial charge >= 0.3 is 5.97 Å². The summed E-state index contributed by atoms with van der Waals surface area (Å²) in [5.41, 5.74) is 0. The summed E-state index contributed by atoms with van der Waals surface area (Å²) in [6, 6.07) is 2.90. The van der Waals surface area contributed by atoms with Gasteiger partial charge in [-0.3, -0.25) is 9.69 Å². The normalized spacial score (nSPS) is 20.1. The largest absolute Gasteiger partial charge is 0.480 e. The molecule has 4 nitrogen and oxygen atoms in total. The van der Waals surface area contributed by atoms with E-state index >= 15 is 0 Å². The van der Waals surface area contributed by atoms with Crippen molar-refractivity contribution in [2.24, 2.45) is 5.92 Å². The number of hydrogen-bond acceptors (Lipinski definition) is 5. The van der Waals surface area contributed by atoms with Crippen LogP contribution in [0.15, 0.2) is 22.4 Å². The lowest BCUT2D eigenvalue weighted by Crippen LogP contribution is -2.47. The maximum atomic E-state index is 12.5. The topological polar surface area (TPSA) is 57.6 Å². The lowest BCUT2D eigenvalue weighted by molar-refractivity contribution is -0.147. The molecule has 2 unspecified atom stereocenters. The van der Waals surface area contributed by atoms with Gasteiger partial charge in [-0.25, -0.2) is 4.79 Å². The van der Waals surface area contributed by atoms with Crippen molar-refractivity contribution in [2.45, 2.75) is 26.3 Å². The Labute approximate surface area is 136 Å². The molecule has 1 N–H and O–H groups in total. The lowest BCUT2D eigenvalue weighted by Gasteiger charge is -2.27. The van der Waals surface area contributed by atoms with Gasteiger partial charge in [-0.15, -0.1) is 11.3 Å². The molecule has 1 saturated heterocycles. The molecule has 21 heavy (non-hydrogen) atoms. The zero-order valence-corrected chi connectivity index (χ0v) is 14.1. The molecule has 2 heterocycles. The van der Waals surface area contributed by atoms with E-state index in [4.69, 9.17) is 12.2 Å². The standard InChI is InChI=1S/C14H15NO3S3/c1-3-8(2)11(13(17)18)15-12(16)10(21-14(15)19)7-9-5-4-6-20-9/h4-8,11H,3H2,1-2H3,(H,17,18)/b10-7+. The monoisotopic (exact) mass is 341 g/mol. The number of amides is 1. The van der Waals surface area contributed by atoms with Crippen molar-refractivity contribution < 1.29 is 14.7 Å². The third-order valence-electron chi connectivity index (χ3n) is 3.35. The van der Waals surface area contributed by atoms with Gasteiger partial charge in [0.05, 0.1) is 4.91 Å². The summed E-state index contributed by atoms with van der Waals surface area (Å²) in [7, 11) is 0. The number of thiocarbonyl (C=S) groups is 1. The molecule has 1 aromatic heterocycles. The van der Waals surface area contributed by atoms with E-state index in [2.05, 4.69) is 0 Å². The third-order valence-corrected chi connectivity index (χ3v) is 5.50. The summed E-state index contributed by atoms with van der Waals surface area (Å²) in [5.74, 6) is -1.49. The molecule has 0 aliphatic carbocycles. The van der Waals surface area contributed by atoms with Gasteiger partial charge < -0.3 is 5.11 Å². The first-order valence-electron chi connectivity index (χ1n) is 6.49. The Hall–Kier alpha value is -1.18. The van der Waals surface area contributed by atoms with E-state index in [1.54, 1.807) is 6.08 Å². The van der Waals surface area contributed by atoms with Gasteiger partial charge in [0.15, 0.2) is 0 Å². The van der Waals surface area contributed by atoms with Crippen LogP contribution < -0.4 is 0 Å². The first kappa shape index (κ1) is 16.2. The highest BCUT2D eigenvalue weighted by Crippen LogP contribution is 2.36. The zero-order chi connectivity index (χ0) is 15.6. The lowest BCUT2D eigenvalue weighted by atomic mass is 9.98. The highest BCUT2D eigenvalue weighted by atomic mass is 32.2. The number of aliphatic carboxylic acids is 1. The summed E-state index contributed by atoms with van der Waals surface area (Å²) in [4.78, 5) is 26.7. The van der Waals surface area contributed by atoms with Crippen LogP contribution in [0.4, 0.5) is 0 Å². The summed E-state index contributed by atoms with van der Waals surface area (Å²) in [5, 5.41) is 11.4. The number of carbonyl (C=O) groups excluding carboxylic acids is 1. The molecule has 0 saturated carbocycles. The number of hydrogen-bond donors (Lipinski definition) is 1. The average molecular weight is 341 g/mol. The van der Waals surface area contributed by atoms with Crippen LogP contribution in [-0.4, -0.2) is 32.2 Å². The quantitative estimate of drug-likeness (QED) is 0.657. The van der Waals surface area contributed by atoms with Gasteiger partial charge in [0, 0.05) is 4.88 Å². The first-order valence-corrected chi connectivity index (χ1v) is 8.59. The molecular weight excluding hydrogens is 326 g/mol. The van der Waals surface area contributed by atoms with Crippen LogP contribution in [0.25, 0.3) is 6.08 Å². The molecule has 7 heteroatoms. The Morgan fingerprint density at radius 3 is 2.81 bits per heavy atom. The maximum absolute atomic E-state index is 12.5. The average Bonchev–Trinajstić information content (AvgIpc) is 3.02. The Morgan fingerprint density at radius 2 is 2.29 bits per heavy atom. The van der Waals surface area contributed by atoms with Crippen molar-refractivity contribution in [2.75, 3.05) is 0 Å². The van der Waals surface area contributed by atoms with Gasteiger partial charge in [0.2, 0.25) is 0 Å². The fourth-order valence-electron chi connectivity index (χ4n) is 2.05. The molecule has 1 aliphatic rings. The van der Waals surface area contributed by atoms with Gasteiger partial charge in [-0.2, -0.15) is 0 Å². The SMILES string of the molecule is CCC(C)C(C(=O)O)N1C(=O)/C(=C\c2cccs2)SC1=S. The minimum Gasteiger partial charge on any atom is -0.480 e. The van der Waals surface area contributed by atoms with Crippen molar-refractivity contribution in [3.63, 3.8) is 0 Å². The van der Waals surface area contributed by atoms with Crippen LogP contribution in [0, 0.1) is 5.92 Å². The zero-order valence-electron chi connectivity index (χ0n) is 11.6. The number of rotatable bonds is 5. The second kappa shape index (κ2) is 6.72. The van der Waals surface area contributed by atoms with Crippen LogP contribution >= 0.6 is 35.3 Å². The molecule has 2 atom stereocenters. The van der Waals surface area contributed by atoms with E-state index in [0.717, 1.165) is 4.88 Å². The maximum Gasteiger partial charge on any atom is 0.327 e.